The van der Waals surface area contributed by atoms with Crippen molar-refractivity contribution in [3.8, 4) is 0 Å². The number of esters is 1. The molecule has 2 aromatic heterocycles. The third-order valence-corrected chi connectivity index (χ3v) is 4.84. The largest absolute Gasteiger partial charge is 0.466 e. The molecule has 29 heavy (non-hydrogen) atoms. The molecule has 0 aliphatic carbocycles. The van der Waals surface area contributed by atoms with Gasteiger partial charge in [0, 0.05) is 38.6 Å². The van der Waals surface area contributed by atoms with Crippen LogP contribution in [0, 0.1) is 16.0 Å². The Morgan fingerprint density at radius 2 is 2.17 bits per heavy atom. The molecule has 1 fully saturated rings. The molecular weight excluding hydrogens is 378 g/mol. The van der Waals surface area contributed by atoms with Crippen LogP contribution in [-0.4, -0.2) is 56.7 Å². The predicted molar refractivity (Wildman–Crippen MR) is 106 cm³/mol. The molecule has 0 bridgehead atoms. The average molecular weight is 403 g/mol. The van der Waals surface area contributed by atoms with E-state index in [9.17, 15) is 14.9 Å². The number of anilines is 2. The molecule has 156 valence electrons. The van der Waals surface area contributed by atoms with Gasteiger partial charge in [-0.25, -0.2) is 15.0 Å². The van der Waals surface area contributed by atoms with E-state index in [2.05, 4.69) is 20.3 Å². The zero-order valence-corrected chi connectivity index (χ0v) is 16.4. The average Bonchev–Trinajstić information content (AvgIpc) is 3.24. The summed E-state index contributed by atoms with van der Waals surface area (Å²) in [5, 5.41) is 14.8. The van der Waals surface area contributed by atoms with Crippen LogP contribution in [0.5, 0.6) is 0 Å². The van der Waals surface area contributed by atoms with Gasteiger partial charge in [0.15, 0.2) is 0 Å². The second kappa shape index (κ2) is 9.80. The van der Waals surface area contributed by atoms with Crippen molar-refractivity contribution in [2.75, 3.05) is 36.5 Å². The van der Waals surface area contributed by atoms with Crippen LogP contribution in [0.4, 0.5) is 17.3 Å². The molecule has 1 saturated heterocycles. The summed E-state index contributed by atoms with van der Waals surface area (Å²) in [5.41, 5.74) is -0.135. The maximum absolute atomic E-state index is 11.9. The van der Waals surface area contributed by atoms with Crippen molar-refractivity contribution in [2.45, 2.75) is 32.7 Å². The maximum Gasteiger partial charge on any atom is 0.353 e. The third kappa shape index (κ3) is 5.18. The van der Waals surface area contributed by atoms with Crippen molar-refractivity contribution in [2.24, 2.45) is 5.92 Å². The minimum atomic E-state index is -0.453. The number of imidazole rings is 1. The molecule has 2 aromatic rings. The number of ether oxygens (including phenoxy) is 1. The SMILES string of the molecule is CCOC(=O)C1CCN(c2ncnc(NCCCn3ccnc3)c2[N+](=O)[O-])CC1. The van der Waals surface area contributed by atoms with Crippen molar-refractivity contribution >= 4 is 23.3 Å². The van der Waals surface area contributed by atoms with Crippen molar-refractivity contribution in [1.82, 2.24) is 19.5 Å². The number of rotatable bonds is 9. The first-order valence-corrected chi connectivity index (χ1v) is 9.70. The molecule has 3 rings (SSSR count). The van der Waals surface area contributed by atoms with Gasteiger partial charge in [-0.3, -0.25) is 14.9 Å². The Kier molecular flexibility index (Phi) is 6.93. The molecule has 3 heterocycles. The highest BCUT2D eigenvalue weighted by Gasteiger charge is 2.32. The molecule has 0 radical (unpaired) electrons. The number of nitro groups is 1. The van der Waals surface area contributed by atoms with Gasteiger partial charge in [0.1, 0.15) is 6.33 Å². The van der Waals surface area contributed by atoms with Crippen molar-refractivity contribution in [3.05, 3.63) is 35.2 Å². The summed E-state index contributed by atoms with van der Waals surface area (Å²) >= 11 is 0. The Hall–Kier alpha value is -3.24. The van der Waals surface area contributed by atoms with Crippen LogP contribution >= 0.6 is 0 Å². The van der Waals surface area contributed by atoms with Gasteiger partial charge in [-0.2, -0.15) is 0 Å². The molecule has 0 saturated carbocycles. The number of carbonyl (C=O) groups excluding carboxylic acids is 1. The van der Waals surface area contributed by atoms with Crippen molar-refractivity contribution in [3.63, 3.8) is 0 Å². The third-order valence-electron chi connectivity index (χ3n) is 4.84. The second-order valence-electron chi connectivity index (χ2n) is 6.75. The molecule has 1 N–H and O–H groups in total. The van der Waals surface area contributed by atoms with Crippen LogP contribution in [0.3, 0.4) is 0 Å². The van der Waals surface area contributed by atoms with E-state index in [1.807, 2.05) is 15.7 Å². The molecule has 0 aromatic carbocycles. The van der Waals surface area contributed by atoms with E-state index < -0.39 is 4.92 Å². The molecule has 0 amide bonds. The van der Waals surface area contributed by atoms with Gasteiger partial charge in [0.25, 0.3) is 0 Å². The Labute approximate surface area is 168 Å². The van der Waals surface area contributed by atoms with Crippen LogP contribution < -0.4 is 10.2 Å². The first-order valence-electron chi connectivity index (χ1n) is 9.70. The maximum atomic E-state index is 11.9. The van der Waals surface area contributed by atoms with Crippen LogP contribution in [0.2, 0.25) is 0 Å². The molecule has 1 aliphatic heterocycles. The lowest BCUT2D eigenvalue weighted by atomic mass is 9.97. The summed E-state index contributed by atoms with van der Waals surface area (Å²) in [6.07, 6.45) is 8.55. The number of piperidine rings is 1. The normalized spacial score (nSPS) is 14.6. The van der Waals surface area contributed by atoms with Gasteiger partial charge in [-0.05, 0) is 26.2 Å². The second-order valence-corrected chi connectivity index (χ2v) is 6.75. The lowest BCUT2D eigenvalue weighted by molar-refractivity contribution is -0.383. The molecular formula is C18H25N7O4. The molecule has 1 aliphatic rings. The summed E-state index contributed by atoms with van der Waals surface area (Å²) in [5.74, 6) is 0.111. The number of carbonyl (C=O) groups is 1. The van der Waals surface area contributed by atoms with Crippen LogP contribution in [-0.2, 0) is 16.1 Å². The number of aromatic nitrogens is 4. The first kappa shape index (κ1) is 20.5. The molecule has 0 unspecified atom stereocenters. The zero-order chi connectivity index (χ0) is 20.6. The Morgan fingerprint density at radius 3 is 2.83 bits per heavy atom. The zero-order valence-electron chi connectivity index (χ0n) is 16.4. The fourth-order valence-corrected chi connectivity index (χ4v) is 3.37. The summed E-state index contributed by atoms with van der Waals surface area (Å²) in [4.78, 5) is 37.3. The van der Waals surface area contributed by atoms with E-state index in [0.717, 1.165) is 13.0 Å². The van der Waals surface area contributed by atoms with Gasteiger partial charge in [-0.1, -0.05) is 0 Å². The number of nitrogens with zero attached hydrogens (tertiary/aromatic N) is 6. The van der Waals surface area contributed by atoms with Crippen molar-refractivity contribution in [1.29, 1.82) is 0 Å². The van der Waals surface area contributed by atoms with E-state index in [1.165, 1.54) is 6.33 Å². The smallest absolute Gasteiger partial charge is 0.353 e. The first-order chi connectivity index (χ1) is 14.1. The minimum absolute atomic E-state index is 0.135. The fraction of sp³-hybridized carbons (Fsp3) is 0.556. The van der Waals surface area contributed by atoms with Gasteiger partial charge < -0.3 is 19.5 Å². The number of aryl methyl sites for hydroxylation is 1. The molecule has 0 atom stereocenters. The number of nitrogens with one attached hydrogen (secondary N) is 1. The minimum Gasteiger partial charge on any atom is -0.466 e. The van der Waals surface area contributed by atoms with E-state index in [-0.39, 0.29) is 29.2 Å². The molecule has 0 spiro atoms. The van der Waals surface area contributed by atoms with Gasteiger partial charge in [-0.15, -0.1) is 0 Å². The standard InChI is InChI=1S/C18H25N7O4/c1-2-29-18(26)14-4-9-24(10-5-14)17-15(25(27)28)16(21-12-22-17)20-6-3-8-23-11-7-19-13-23/h7,11-14H,2-6,8-10H2,1H3,(H,20,21,22). The monoisotopic (exact) mass is 403 g/mol. The summed E-state index contributed by atoms with van der Waals surface area (Å²) < 4.78 is 7.02. The van der Waals surface area contributed by atoms with Crippen LogP contribution in [0.1, 0.15) is 26.2 Å². The lowest BCUT2D eigenvalue weighted by Gasteiger charge is -2.31. The summed E-state index contributed by atoms with van der Waals surface area (Å²) in [6.45, 7) is 4.41. The Morgan fingerprint density at radius 1 is 1.38 bits per heavy atom. The molecule has 11 nitrogen and oxygen atoms in total. The Bertz CT molecular complexity index is 820. The summed E-state index contributed by atoms with van der Waals surface area (Å²) in [7, 11) is 0. The van der Waals surface area contributed by atoms with Gasteiger partial charge in [0.2, 0.25) is 11.6 Å². The van der Waals surface area contributed by atoms with Crippen LogP contribution in [0.15, 0.2) is 25.0 Å². The topological polar surface area (TPSA) is 128 Å². The van der Waals surface area contributed by atoms with E-state index in [0.29, 0.717) is 39.1 Å². The van der Waals surface area contributed by atoms with E-state index >= 15 is 0 Å². The summed E-state index contributed by atoms with van der Waals surface area (Å²) in [6, 6.07) is 0. The Balaban J connectivity index is 1.64. The van der Waals surface area contributed by atoms with Crippen LogP contribution in [0.25, 0.3) is 0 Å². The number of hydrogen-bond donors (Lipinski definition) is 1. The quantitative estimate of drug-likeness (QED) is 0.289. The fourth-order valence-electron chi connectivity index (χ4n) is 3.37. The van der Waals surface area contributed by atoms with E-state index in [1.54, 1.807) is 19.4 Å². The van der Waals surface area contributed by atoms with E-state index in [4.69, 9.17) is 4.74 Å². The molecule has 11 heteroatoms. The van der Waals surface area contributed by atoms with Crippen molar-refractivity contribution < 1.29 is 14.5 Å². The lowest BCUT2D eigenvalue weighted by Crippen LogP contribution is -2.37. The van der Waals surface area contributed by atoms with Gasteiger partial charge in [0.05, 0.1) is 23.8 Å². The highest BCUT2D eigenvalue weighted by Crippen LogP contribution is 2.34. The van der Waals surface area contributed by atoms with Gasteiger partial charge >= 0.3 is 11.7 Å². The highest BCUT2D eigenvalue weighted by molar-refractivity contribution is 5.74. The highest BCUT2D eigenvalue weighted by atomic mass is 16.6. The predicted octanol–water partition coefficient (Wildman–Crippen LogP) is 1.86. The number of hydrogen-bond acceptors (Lipinski definition) is 9.